The molecule has 0 radical (unpaired) electrons. The zero-order valence-electron chi connectivity index (χ0n) is 6.07. The van der Waals surface area contributed by atoms with E-state index in [4.69, 9.17) is 20.9 Å². The average molecular weight is 155 g/mol. The standard InChI is InChI=1S/C6H9N3O2/c1-4(5(11)2-7)9-6(8)3-10/h5,8,10-11H,3H2,1H3. The topological polar surface area (TPSA) is 100 Å². The summed E-state index contributed by atoms with van der Waals surface area (Å²) in [7, 11) is 0. The monoisotopic (exact) mass is 155 g/mol. The summed E-state index contributed by atoms with van der Waals surface area (Å²) in [6.07, 6.45) is -1.29. The fourth-order valence-corrected chi connectivity index (χ4v) is 0.403. The Hall–Kier alpha value is -1.25. The normalized spacial score (nSPS) is 13.8. The van der Waals surface area contributed by atoms with E-state index in [0.29, 0.717) is 0 Å². The minimum absolute atomic E-state index is 0.117. The first kappa shape index (κ1) is 9.75. The van der Waals surface area contributed by atoms with E-state index >= 15 is 0 Å². The summed E-state index contributed by atoms with van der Waals surface area (Å²) in [4.78, 5) is 3.44. The SMILES string of the molecule is CC(=NC(=N)CO)C(O)C#N. The van der Waals surface area contributed by atoms with E-state index in [2.05, 4.69) is 4.99 Å². The average Bonchev–Trinajstić information content (AvgIpc) is 2.02. The van der Waals surface area contributed by atoms with Gasteiger partial charge in [0.1, 0.15) is 18.5 Å². The number of hydrogen-bond donors (Lipinski definition) is 3. The minimum Gasteiger partial charge on any atom is -0.388 e. The Kier molecular flexibility index (Phi) is 4.03. The van der Waals surface area contributed by atoms with E-state index in [1.807, 2.05) is 0 Å². The van der Waals surface area contributed by atoms with Crippen LogP contribution in [0.4, 0.5) is 0 Å². The van der Waals surface area contributed by atoms with Crippen LogP contribution in [0.5, 0.6) is 0 Å². The van der Waals surface area contributed by atoms with Crippen molar-refractivity contribution in [2.75, 3.05) is 6.61 Å². The molecule has 1 unspecified atom stereocenters. The highest BCUT2D eigenvalue weighted by atomic mass is 16.3. The highest BCUT2D eigenvalue weighted by Gasteiger charge is 2.05. The second kappa shape index (κ2) is 4.55. The van der Waals surface area contributed by atoms with E-state index in [9.17, 15) is 0 Å². The smallest absolute Gasteiger partial charge is 0.178 e. The Morgan fingerprint density at radius 1 is 1.82 bits per heavy atom. The maximum Gasteiger partial charge on any atom is 0.178 e. The number of nitrogens with zero attached hydrogens (tertiary/aromatic N) is 2. The van der Waals surface area contributed by atoms with Crippen LogP contribution in [0.2, 0.25) is 0 Å². The molecule has 0 aromatic heterocycles. The van der Waals surface area contributed by atoms with Crippen molar-refractivity contribution in [3.05, 3.63) is 0 Å². The molecule has 5 heteroatoms. The maximum absolute atomic E-state index is 8.80. The van der Waals surface area contributed by atoms with Gasteiger partial charge in [0.25, 0.3) is 0 Å². The number of hydrogen-bond acceptors (Lipinski definition) is 4. The predicted octanol–water partition coefficient (Wildman–Crippen LogP) is -0.699. The molecule has 11 heavy (non-hydrogen) atoms. The Labute approximate surface area is 64.1 Å². The molecule has 0 aromatic rings. The molecule has 0 aliphatic carbocycles. The van der Waals surface area contributed by atoms with Crippen molar-refractivity contribution < 1.29 is 10.2 Å². The highest BCUT2D eigenvalue weighted by Crippen LogP contribution is 1.87. The van der Waals surface area contributed by atoms with Gasteiger partial charge in [-0.25, -0.2) is 4.99 Å². The van der Waals surface area contributed by atoms with Crippen molar-refractivity contribution in [1.82, 2.24) is 0 Å². The lowest BCUT2D eigenvalue weighted by molar-refractivity contribution is 0.294. The lowest BCUT2D eigenvalue weighted by Gasteiger charge is -1.99. The van der Waals surface area contributed by atoms with Crippen LogP contribution in [0.25, 0.3) is 0 Å². The van der Waals surface area contributed by atoms with Crippen LogP contribution in [0, 0.1) is 16.7 Å². The van der Waals surface area contributed by atoms with Gasteiger partial charge in [-0.2, -0.15) is 5.26 Å². The van der Waals surface area contributed by atoms with Gasteiger partial charge >= 0.3 is 0 Å². The third-order valence-electron chi connectivity index (χ3n) is 0.979. The number of aliphatic hydroxyl groups excluding tert-OH is 2. The van der Waals surface area contributed by atoms with Gasteiger partial charge in [-0.05, 0) is 6.92 Å². The third kappa shape index (κ3) is 3.45. The summed E-state index contributed by atoms with van der Waals surface area (Å²) >= 11 is 0. The quantitative estimate of drug-likeness (QED) is 0.279. The van der Waals surface area contributed by atoms with Gasteiger partial charge in [0, 0.05) is 0 Å². The molecule has 0 aliphatic rings. The summed E-state index contributed by atoms with van der Waals surface area (Å²) in [6.45, 7) is 0.924. The minimum atomic E-state index is -1.29. The molecule has 5 nitrogen and oxygen atoms in total. The van der Waals surface area contributed by atoms with Crippen LogP contribution >= 0.6 is 0 Å². The van der Waals surface area contributed by atoms with E-state index in [1.54, 1.807) is 6.07 Å². The van der Waals surface area contributed by atoms with Gasteiger partial charge in [-0.3, -0.25) is 5.41 Å². The molecule has 0 aliphatic heterocycles. The number of rotatable bonds is 2. The first-order valence-corrected chi connectivity index (χ1v) is 2.93. The van der Waals surface area contributed by atoms with Gasteiger partial charge in [0.05, 0.1) is 5.71 Å². The van der Waals surface area contributed by atoms with Crippen LogP contribution in [-0.4, -0.2) is 34.5 Å². The molecule has 0 heterocycles. The van der Waals surface area contributed by atoms with Gasteiger partial charge in [0.2, 0.25) is 0 Å². The largest absolute Gasteiger partial charge is 0.388 e. The van der Waals surface area contributed by atoms with Crippen molar-refractivity contribution in [1.29, 1.82) is 10.7 Å². The van der Waals surface area contributed by atoms with E-state index < -0.39 is 12.7 Å². The molecular weight excluding hydrogens is 146 g/mol. The lowest BCUT2D eigenvalue weighted by Crippen LogP contribution is -2.16. The number of amidine groups is 1. The number of aliphatic hydroxyl groups is 2. The van der Waals surface area contributed by atoms with Crippen molar-refractivity contribution in [2.45, 2.75) is 13.0 Å². The van der Waals surface area contributed by atoms with Crippen molar-refractivity contribution in [3.63, 3.8) is 0 Å². The molecule has 0 bridgehead atoms. The van der Waals surface area contributed by atoms with Crippen LogP contribution in [0.1, 0.15) is 6.92 Å². The molecule has 0 saturated heterocycles. The summed E-state index contributed by atoms with van der Waals surface area (Å²) in [6, 6.07) is 1.54. The highest BCUT2D eigenvalue weighted by molar-refractivity contribution is 5.99. The number of nitrogens with one attached hydrogen (secondary N) is 1. The second-order valence-electron chi connectivity index (χ2n) is 1.89. The maximum atomic E-state index is 8.80. The molecule has 1 atom stereocenters. The van der Waals surface area contributed by atoms with Crippen molar-refractivity contribution in [3.8, 4) is 6.07 Å². The number of aliphatic imine (C=N–C) groups is 1. The van der Waals surface area contributed by atoms with Gasteiger partial charge in [-0.15, -0.1) is 0 Å². The molecule has 0 saturated carbocycles. The van der Waals surface area contributed by atoms with Gasteiger partial charge in [-0.1, -0.05) is 0 Å². The molecule has 0 spiro atoms. The zero-order chi connectivity index (χ0) is 8.85. The van der Waals surface area contributed by atoms with E-state index in [-0.39, 0.29) is 11.5 Å². The molecule has 0 fully saturated rings. The Morgan fingerprint density at radius 3 is 2.73 bits per heavy atom. The Balaban J connectivity index is 4.24. The Morgan fingerprint density at radius 2 is 2.36 bits per heavy atom. The van der Waals surface area contributed by atoms with Crippen LogP contribution in [0.15, 0.2) is 4.99 Å². The summed E-state index contributed by atoms with van der Waals surface area (Å²) in [5.74, 6) is -0.267. The van der Waals surface area contributed by atoms with Gasteiger partial charge in [0.15, 0.2) is 6.10 Å². The van der Waals surface area contributed by atoms with Crippen LogP contribution in [0.3, 0.4) is 0 Å². The predicted molar refractivity (Wildman–Crippen MR) is 39.5 cm³/mol. The molecule has 0 aromatic carbocycles. The molecule has 3 N–H and O–H groups in total. The van der Waals surface area contributed by atoms with Crippen LogP contribution < -0.4 is 0 Å². The fraction of sp³-hybridized carbons (Fsp3) is 0.500. The summed E-state index contributed by atoms with van der Waals surface area (Å²) in [5, 5.41) is 32.2. The summed E-state index contributed by atoms with van der Waals surface area (Å²) < 4.78 is 0. The summed E-state index contributed by atoms with van der Waals surface area (Å²) in [5.41, 5.74) is 0.117. The zero-order valence-corrected chi connectivity index (χ0v) is 6.07. The van der Waals surface area contributed by atoms with Crippen LogP contribution in [-0.2, 0) is 0 Å². The first-order valence-electron chi connectivity index (χ1n) is 2.93. The Bertz CT molecular complexity index is 216. The van der Waals surface area contributed by atoms with E-state index in [0.717, 1.165) is 0 Å². The molecule has 0 amide bonds. The number of nitriles is 1. The fourth-order valence-electron chi connectivity index (χ4n) is 0.403. The molecule has 0 rings (SSSR count). The van der Waals surface area contributed by atoms with E-state index in [1.165, 1.54) is 6.92 Å². The second-order valence-corrected chi connectivity index (χ2v) is 1.89. The molecular formula is C6H9N3O2. The van der Waals surface area contributed by atoms with Crippen molar-refractivity contribution >= 4 is 11.5 Å². The van der Waals surface area contributed by atoms with Crippen molar-refractivity contribution in [2.24, 2.45) is 4.99 Å². The lowest BCUT2D eigenvalue weighted by atomic mass is 10.3. The van der Waals surface area contributed by atoms with Gasteiger partial charge < -0.3 is 10.2 Å². The third-order valence-corrected chi connectivity index (χ3v) is 0.979. The molecule has 60 valence electrons. The first-order chi connectivity index (χ1) is 5.11.